The molecule has 0 bridgehead atoms. The molecule has 0 N–H and O–H groups in total. The second-order valence-corrected chi connectivity index (χ2v) is 5.60. The van der Waals surface area contributed by atoms with Gasteiger partial charge in [-0.2, -0.15) is 0 Å². The highest BCUT2D eigenvalue weighted by molar-refractivity contribution is 9.10. The van der Waals surface area contributed by atoms with Crippen molar-refractivity contribution < 1.29 is 14.3 Å². The summed E-state index contributed by atoms with van der Waals surface area (Å²) in [4.78, 5) is 27.7. The van der Waals surface area contributed by atoms with Crippen LogP contribution in [0.2, 0.25) is 0 Å². The van der Waals surface area contributed by atoms with Crippen LogP contribution < -0.4 is 4.74 Å². The monoisotopic (exact) mass is 340 g/mol. The summed E-state index contributed by atoms with van der Waals surface area (Å²) in [5.74, 6) is 0.434. The summed E-state index contributed by atoms with van der Waals surface area (Å²) in [5, 5.41) is 0. The molecule has 0 unspecified atom stereocenters. The van der Waals surface area contributed by atoms with Gasteiger partial charge in [0.25, 0.3) is 5.91 Å². The lowest BCUT2D eigenvalue weighted by Gasteiger charge is -2.20. The predicted molar refractivity (Wildman–Crippen MR) is 78.9 cm³/mol. The van der Waals surface area contributed by atoms with Crippen LogP contribution in [-0.4, -0.2) is 55.4 Å². The van der Waals surface area contributed by atoms with E-state index in [-0.39, 0.29) is 18.4 Å². The van der Waals surface area contributed by atoms with Crippen LogP contribution in [0.15, 0.2) is 22.7 Å². The average molecular weight is 341 g/mol. The molecule has 0 atom stereocenters. The molecule has 0 aliphatic carbocycles. The molecule has 1 aliphatic rings. The Morgan fingerprint density at radius 2 is 2.10 bits per heavy atom. The molecule has 2 rings (SSSR count). The first-order valence-corrected chi connectivity index (χ1v) is 7.19. The molecule has 5 nitrogen and oxygen atoms in total. The third-order valence-electron chi connectivity index (χ3n) is 3.36. The number of amides is 2. The van der Waals surface area contributed by atoms with Crippen molar-refractivity contribution in [2.45, 2.75) is 6.42 Å². The standard InChI is InChI=1S/C14H17BrN2O3/c1-16-6-3-7-17(9-13(16)18)14(19)11-8-10(20-2)4-5-12(11)15/h4-5,8H,3,6-7,9H2,1-2H3. The molecule has 1 aromatic rings. The van der Waals surface area contributed by atoms with Crippen molar-refractivity contribution in [3.63, 3.8) is 0 Å². The van der Waals surface area contributed by atoms with Crippen LogP contribution in [0, 0.1) is 0 Å². The van der Waals surface area contributed by atoms with Crippen LogP contribution in [0.4, 0.5) is 0 Å². The summed E-state index contributed by atoms with van der Waals surface area (Å²) >= 11 is 3.37. The van der Waals surface area contributed by atoms with Gasteiger partial charge in [0, 0.05) is 24.6 Å². The molecule has 1 saturated heterocycles. The van der Waals surface area contributed by atoms with Crippen molar-refractivity contribution in [3.8, 4) is 5.75 Å². The van der Waals surface area contributed by atoms with E-state index < -0.39 is 0 Å². The van der Waals surface area contributed by atoms with E-state index in [4.69, 9.17) is 4.74 Å². The van der Waals surface area contributed by atoms with Crippen molar-refractivity contribution in [2.75, 3.05) is 33.8 Å². The summed E-state index contributed by atoms with van der Waals surface area (Å²) in [6.45, 7) is 1.39. The Bertz CT molecular complexity index is 533. The molecule has 0 spiro atoms. The molecule has 0 aromatic heterocycles. The average Bonchev–Trinajstić information content (AvgIpc) is 2.61. The summed E-state index contributed by atoms with van der Waals surface area (Å²) < 4.78 is 5.85. The van der Waals surface area contributed by atoms with E-state index in [9.17, 15) is 9.59 Å². The number of hydrogen-bond acceptors (Lipinski definition) is 3. The predicted octanol–water partition coefficient (Wildman–Crippen LogP) is 1.76. The van der Waals surface area contributed by atoms with E-state index >= 15 is 0 Å². The highest BCUT2D eigenvalue weighted by Gasteiger charge is 2.25. The lowest BCUT2D eigenvalue weighted by atomic mass is 10.2. The maximum absolute atomic E-state index is 12.6. The first-order chi connectivity index (χ1) is 9.52. The smallest absolute Gasteiger partial charge is 0.255 e. The van der Waals surface area contributed by atoms with Gasteiger partial charge in [-0.3, -0.25) is 9.59 Å². The minimum Gasteiger partial charge on any atom is -0.497 e. The van der Waals surface area contributed by atoms with E-state index in [1.807, 2.05) is 0 Å². The van der Waals surface area contributed by atoms with Crippen molar-refractivity contribution in [3.05, 3.63) is 28.2 Å². The van der Waals surface area contributed by atoms with Crippen LogP contribution in [0.5, 0.6) is 5.75 Å². The lowest BCUT2D eigenvalue weighted by molar-refractivity contribution is -0.129. The maximum atomic E-state index is 12.6. The number of halogens is 1. The third-order valence-corrected chi connectivity index (χ3v) is 4.06. The number of benzene rings is 1. The molecule has 1 aromatic carbocycles. The zero-order valence-corrected chi connectivity index (χ0v) is 13.1. The summed E-state index contributed by atoms with van der Waals surface area (Å²) in [7, 11) is 3.32. The number of carbonyl (C=O) groups is 2. The maximum Gasteiger partial charge on any atom is 0.255 e. The largest absolute Gasteiger partial charge is 0.497 e. The number of rotatable bonds is 2. The van der Waals surface area contributed by atoms with Crippen LogP contribution in [0.3, 0.4) is 0 Å². The number of hydrogen-bond donors (Lipinski definition) is 0. The van der Waals surface area contributed by atoms with Gasteiger partial charge < -0.3 is 14.5 Å². The molecule has 1 fully saturated rings. The van der Waals surface area contributed by atoms with E-state index in [2.05, 4.69) is 15.9 Å². The number of ether oxygens (including phenoxy) is 1. The Morgan fingerprint density at radius 3 is 2.80 bits per heavy atom. The second-order valence-electron chi connectivity index (χ2n) is 4.74. The van der Waals surface area contributed by atoms with Crippen LogP contribution >= 0.6 is 15.9 Å². The molecule has 0 radical (unpaired) electrons. The SMILES string of the molecule is COc1ccc(Br)c(C(=O)N2CCCN(C)C(=O)C2)c1. The number of carbonyl (C=O) groups excluding carboxylic acids is 2. The minimum atomic E-state index is -0.153. The zero-order valence-electron chi connectivity index (χ0n) is 11.6. The Kier molecular flexibility index (Phi) is 4.65. The Balaban J connectivity index is 2.24. The van der Waals surface area contributed by atoms with Crippen LogP contribution in [-0.2, 0) is 4.79 Å². The normalized spacial score (nSPS) is 16.1. The van der Waals surface area contributed by atoms with Gasteiger partial charge in [0.05, 0.1) is 12.7 Å². The highest BCUT2D eigenvalue weighted by atomic mass is 79.9. The fourth-order valence-corrected chi connectivity index (χ4v) is 2.54. The molecular weight excluding hydrogens is 324 g/mol. The molecular formula is C14H17BrN2O3. The summed E-state index contributed by atoms with van der Waals surface area (Å²) in [6, 6.07) is 5.24. The summed E-state index contributed by atoms with van der Waals surface area (Å²) in [5.41, 5.74) is 0.515. The Labute approximate surface area is 126 Å². The first kappa shape index (κ1) is 14.8. The van der Waals surface area contributed by atoms with Crippen molar-refractivity contribution in [1.29, 1.82) is 0 Å². The topological polar surface area (TPSA) is 49.9 Å². The molecule has 6 heteroatoms. The quantitative estimate of drug-likeness (QED) is 0.824. The fourth-order valence-electron chi connectivity index (χ4n) is 2.13. The van der Waals surface area contributed by atoms with Gasteiger partial charge in [-0.1, -0.05) is 0 Å². The molecule has 1 heterocycles. The molecule has 20 heavy (non-hydrogen) atoms. The number of nitrogens with zero attached hydrogens (tertiary/aromatic N) is 2. The first-order valence-electron chi connectivity index (χ1n) is 6.39. The fraction of sp³-hybridized carbons (Fsp3) is 0.429. The van der Waals surface area contributed by atoms with Gasteiger partial charge in [-0.25, -0.2) is 0 Å². The van der Waals surface area contributed by atoms with Crippen molar-refractivity contribution >= 4 is 27.7 Å². The van der Waals surface area contributed by atoms with Gasteiger partial charge in [0.2, 0.25) is 5.91 Å². The molecule has 2 amide bonds. The van der Waals surface area contributed by atoms with E-state index in [1.165, 1.54) is 0 Å². The zero-order chi connectivity index (χ0) is 14.7. The lowest BCUT2D eigenvalue weighted by Crippen LogP contribution is -2.38. The Morgan fingerprint density at radius 1 is 1.35 bits per heavy atom. The molecule has 0 saturated carbocycles. The van der Waals surface area contributed by atoms with E-state index in [1.54, 1.807) is 42.2 Å². The van der Waals surface area contributed by atoms with E-state index in [0.29, 0.717) is 28.9 Å². The van der Waals surface area contributed by atoms with Gasteiger partial charge in [0.15, 0.2) is 0 Å². The van der Waals surface area contributed by atoms with Crippen molar-refractivity contribution in [1.82, 2.24) is 9.80 Å². The van der Waals surface area contributed by atoms with Gasteiger partial charge in [-0.15, -0.1) is 0 Å². The van der Waals surface area contributed by atoms with Crippen molar-refractivity contribution in [2.24, 2.45) is 0 Å². The van der Waals surface area contributed by atoms with Gasteiger partial charge >= 0.3 is 0 Å². The third kappa shape index (κ3) is 3.12. The second kappa shape index (κ2) is 6.26. The van der Waals surface area contributed by atoms with E-state index in [0.717, 1.165) is 6.42 Å². The molecule has 1 aliphatic heterocycles. The Hall–Kier alpha value is -1.56. The number of likely N-dealkylation sites (N-methyl/N-ethyl adjacent to an activating group) is 1. The van der Waals surface area contributed by atoms with Crippen LogP contribution in [0.25, 0.3) is 0 Å². The molecule has 108 valence electrons. The van der Waals surface area contributed by atoms with Gasteiger partial charge in [0.1, 0.15) is 12.3 Å². The van der Waals surface area contributed by atoms with Gasteiger partial charge in [-0.05, 0) is 40.5 Å². The van der Waals surface area contributed by atoms with Crippen LogP contribution in [0.1, 0.15) is 16.8 Å². The number of methoxy groups -OCH3 is 1. The minimum absolute atomic E-state index is 0.0325. The summed E-state index contributed by atoms with van der Waals surface area (Å²) in [6.07, 6.45) is 0.787. The highest BCUT2D eigenvalue weighted by Crippen LogP contribution is 2.24.